The monoisotopic (exact) mass is 339 g/mol. The summed E-state index contributed by atoms with van der Waals surface area (Å²) >= 11 is 0. The summed E-state index contributed by atoms with van der Waals surface area (Å²) in [5, 5.41) is 10.5. The fourth-order valence-corrected chi connectivity index (χ4v) is 1.88. The fraction of sp³-hybridized carbons (Fsp3) is 0.125. The summed E-state index contributed by atoms with van der Waals surface area (Å²) in [4.78, 5) is 22.2. The van der Waals surface area contributed by atoms with Gasteiger partial charge < -0.3 is 15.2 Å². The van der Waals surface area contributed by atoms with E-state index in [2.05, 4.69) is 0 Å². The van der Waals surface area contributed by atoms with Crippen LogP contribution in [0.4, 0.5) is 13.2 Å². The topological polar surface area (TPSA) is 75.6 Å². The van der Waals surface area contributed by atoms with Crippen molar-refractivity contribution < 1.29 is 32.6 Å². The van der Waals surface area contributed by atoms with E-state index in [0.717, 1.165) is 0 Å². The molecule has 2 aromatic carbocycles. The van der Waals surface area contributed by atoms with Crippen molar-refractivity contribution in [2.24, 2.45) is 0 Å². The molecule has 0 radical (unpaired) electrons. The molecule has 2 aromatic rings. The Hall–Kier alpha value is -3.03. The molecule has 2 N–H and O–H groups in total. The summed E-state index contributed by atoms with van der Waals surface area (Å²) in [7, 11) is 0. The smallest absolute Gasteiger partial charge is 0.471 e. The van der Waals surface area contributed by atoms with Gasteiger partial charge in [-0.1, -0.05) is 30.3 Å². The largest absolute Gasteiger partial charge is 0.479 e. The van der Waals surface area contributed by atoms with E-state index in [1.165, 1.54) is 29.6 Å². The highest BCUT2D eigenvalue weighted by atomic mass is 19.4. The van der Waals surface area contributed by atoms with E-state index < -0.39 is 24.1 Å². The number of carbonyl (C=O) groups is 2. The van der Waals surface area contributed by atoms with Crippen LogP contribution in [0, 0.1) is 0 Å². The zero-order chi connectivity index (χ0) is 17.7. The van der Waals surface area contributed by atoms with Crippen LogP contribution in [0.5, 0.6) is 11.5 Å². The van der Waals surface area contributed by atoms with Crippen LogP contribution in [-0.2, 0) is 9.59 Å². The number of aliphatic carboxylic acids is 1. The van der Waals surface area contributed by atoms with Gasteiger partial charge in [0.25, 0.3) is 0 Å². The van der Waals surface area contributed by atoms with Crippen molar-refractivity contribution in [2.75, 3.05) is 0 Å². The highest BCUT2D eigenvalue weighted by molar-refractivity contribution is 5.87. The van der Waals surface area contributed by atoms with Crippen molar-refractivity contribution in [3.05, 3.63) is 60.2 Å². The van der Waals surface area contributed by atoms with Gasteiger partial charge in [0, 0.05) is 0 Å². The molecule has 5 nitrogen and oxygen atoms in total. The second kappa shape index (κ2) is 7.03. The average Bonchev–Trinajstić information content (AvgIpc) is 2.52. The Bertz CT molecular complexity index is 732. The predicted octanol–water partition coefficient (Wildman–Crippen LogP) is 3.28. The van der Waals surface area contributed by atoms with E-state index in [9.17, 15) is 22.8 Å². The van der Waals surface area contributed by atoms with Gasteiger partial charge in [-0.3, -0.25) is 4.79 Å². The second-order valence-corrected chi connectivity index (χ2v) is 4.73. The van der Waals surface area contributed by atoms with Crippen LogP contribution in [0.2, 0.25) is 0 Å². The molecule has 2 rings (SSSR count). The minimum absolute atomic E-state index is 0.0477. The summed E-state index contributed by atoms with van der Waals surface area (Å²) in [6.07, 6.45) is -5.17. The summed E-state index contributed by atoms with van der Waals surface area (Å²) in [5.41, 5.74) is -0.0477. The van der Waals surface area contributed by atoms with E-state index in [0.29, 0.717) is 5.75 Å². The van der Waals surface area contributed by atoms with Crippen molar-refractivity contribution in [3.63, 3.8) is 0 Å². The predicted molar refractivity (Wildman–Crippen MR) is 77.5 cm³/mol. The summed E-state index contributed by atoms with van der Waals surface area (Å²) in [6, 6.07) is 12.2. The van der Waals surface area contributed by atoms with Crippen LogP contribution in [-0.4, -0.2) is 23.2 Å². The van der Waals surface area contributed by atoms with E-state index >= 15 is 0 Å². The molecule has 0 aliphatic rings. The number of nitrogens with one attached hydrogen (secondary N) is 1. The number of hydrogen-bond donors (Lipinski definition) is 2. The van der Waals surface area contributed by atoms with E-state index in [-0.39, 0.29) is 11.3 Å². The van der Waals surface area contributed by atoms with E-state index in [1.54, 1.807) is 30.3 Å². The molecule has 0 bridgehead atoms. The number of benzene rings is 2. The number of amides is 1. The third-order valence-corrected chi connectivity index (χ3v) is 2.95. The van der Waals surface area contributed by atoms with Gasteiger partial charge in [-0.2, -0.15) is 13.2 Å². The maximum Gasteiger partial charge on any atom is 0.471 e. The first-order valence-corrected chi connectivity index (χ1v) is 6.71. The fourth-order valence-electron chi connectivity index (χ4n) is 1.88. The van der Waals surface area contributed by atoms with E-state index in [1.807, 2.05) is 0 Å². The normalized spacial score (nSPS) is 12.3. The molecule has 0 spiro atoms. The lowest BCUT2D eigenvalue weighted by Gasteiger charge is -2.17. The van der Waals surface area contributed by atoms with Gasteiger partial charge in [0.15, 0.2) is 6.04 Å². The molecule has 0 aliphatic heterocycles. The van der Waals surface area contributed by atoms with Gasteiger partial charge in [-0.25, -0.2) is 4.79 Å². The minimum atomic E-state index is -5.17. The SMILES string of the molecule is O=C(O)C(NC(=O)C(F)(F)F)c1cccc(Oc2ccccc2)c1. The van der Waals surface area contributed by atoms with Gasteiger partial charge in [0.05, 0.1) is 0 Å². The number of carboxylic acid groups (broad SMARTS) is 1. The van der Waals surface area contributed by atoms with Crippen molar-refractivity contribution in [1.29, 1.82) is 0 Å². The van der Waals surface area contributed by atoms with Crippen LogP contribution in [0.25, 0.3) is 0 Å². The lowest BCUT2D eigenvalue weighted by molar-refractivity contribution is -0.175. The molecule has 1 atom stereocenters. The maximum atomic E-state index is 12.3. The number of carbonyl (C=O) groups excluding carboxylic acids is 1. The molecular formula is C16H12F3NO4. The Morgan fingerprint density at radius 1 is 1.00 bits per heavy atom. The standard InChI is InChI=1S/C16H12F3NO4/c17-16(18,19)15(23)20-13(14(21)22)10-5-4-8-12(9-10)24-11-6-2-1-3-7-11/h1-9,13H,(H,20,23)(H,21,22). The van der Waals surface area contributed by atoms with Gasteiger partial charge in [-0.15, -0.1) is 0 Å². The Morgan fingerprint density at radius 2 is 1.62 bits per heavy atom. The van der Waals surface area contributed by atoms with Crippen molar-refractivity contribution in [2.45, 2.75) is 12.2 Å². The van der Waals surface area contributed by atoms with Crippen molar-refractivity contribution in [1.82, 2.24) is 5.32 Å². The Labute approximate surface area is 134 Å². The highest BCUT2D eigenvalue weighted by Crippen LogP contribution is 2.25. The number of para-hydroxylation sites is 1. The molecule has 8 heteroatoms. The number of ether oxygens (including phenoxy) is 1. The summed E-state index contributed by atoms with van der Waals surface area (Å²) < 4.78 is 42.5. The highest BCUT2D eigenvalue weighted by Gasteiger charge is 2.41. The third-order valence-electron chi connectivity index (χ3n) is 2.95. The van der Waals surface area contributed by atoms with Gasteiger partial charge in [-0.05, 0) is 29.8 Å². The molecule has 0 aromatic heterocycles. The zero-order valence-electron chi connectivity index (χ0n) is 12.1. The molecule has 1 amide bonds. The molecule has 24 heavy (non-hydrogen) atoms. The third kappa shape index (κ3) is 4.48. The minimum Gasteiger partial charge on any atom is -0.479 e. The van der Waals surface area contributed by atoms with Gasteiger partial charge >= 0.3 is 18.1 Å². The molecule has 0 saturated heterocycles. The molecule has 0 aliphatic carbocycles. The average molecular weight is 339 g/mol. The number of hydrogen-bond acceptors (Lipinski definition) is 3. The van der Waals surface area contributed by atoms with Crippen LogP contribution in [0.3, 0.4) is 0 Å². The molecular weight excluding hydrogens is 327 g/mol. The molecule has 0 heterocycles. The second-order valence-electron chi connectivity index (χ2n) is 4.73. The number of carboxylic acids is 1. The Morgan fingerprint density at radius 3 is 2.21 bits per heavy atom. The molecule has 0 fully saturated rings. The summed E-state index contributed by atoms with van der Waals surface area (Å²) in [5.74, 6) is -3.25. The molecule has 0 saturated carbocycles. The number of alkyl halides is 3. The quantitative estimate of drug-likeness (QED) is 0.876. The first-order chi connectivity index (χ1) is 11.3. The lowest BCUT2D eigenvalue weighted by Crippen LogP contribution is -2.41. The number of halogens is 3. The molecule has 126 valence electrons. The van der Waals surface area contributed by atoms with Crippen LogP contribution >= 0.6 is 0 Å². The van der Waals surface area contributed by atoms with Crippen LogP contribution in [0.15, 0.2) is 54.6 Å². The van der Waals surface area contributed by atoms with Crippen molar-refractivity contribution in [3.8, 4) is 11.5 Å². The maximum absolute atomic E-state index is 12.3. The zero-order valence-corrected chi connectivity index (χ0v) is 12.1. The van der Waals surface area contributed by atoms with E-state index in [4.69, 9.17) is 9.84 Å². The number of rotatable bonds is 5. The molecule has 1 unspecified atom stereocenters. The van der Waals surface area contributed by atoms with Crippen molar-refractivity contribution >= 4 is 11.9 Å². The summed E-state index contributed by atoms with van der Waals surface area (Å²) in [6.45, 7) is 0. The Kier molecular flexibility index (Phi) is 5.08. The van der Waals surface area contributed by atoms with Crippen LogP contribution in [0.1, 0.15) is 11.6 Å². The Balaban J connectivity index is 2.23. The van der Waals surface area contributed by atoms with Gasteiger partial charge in [0.2, 0.25) is 0 Å². The first kappa shape index (κ1) is 17.3. The first-order valence-electron chi connectivity index (χ1n) is 6.71. The van der Waals surface area contributed by atoms with Gasteiger partial charge in [0.1, 0.15) is 11.5 Å². The lowest BCUT2D eigenvalue weighted by atomic mass is 10.1. The van der Waals surface area contributed by atoms with Crippen LogP contribution < -0.4 is 10.1 Å².